The Balaban J connectivity index is 2.04. The molecule has 2 rings (SSSR count). The van der Waals surface area contributed by atoms with Gasteiger partial charge < -0.3 is 10.4 Å². The lowest BCUT2D eigenvalue weighted by Crippen LogP contribution is -2.41. The van der Waals surface area contributed by atoms with Crippen molar-refractivity contribution >= 4 is 11.9 Å². The zero-order valence-electron chi connectivity index (χ0n) is 10.3. The Morgan fingerprint density at radius 2 is 2.06 bits per heavy atom. The molecule has 2 N–H and O–H groups in total. The van der Waals surface area contributed by atoms with Crippen molar-refractivity contribution in [2.75, 3.05) is 0 Å². The van der Waals surface area contributed by atoms with Crippen molar-refractivity contribution in [3.8, 4) is 0 Å². The molecule has 1 aromatic rings. The number of hydrogen-bond acceptors (Lipinski definition) is 2. The first-order valence-corrected chi connectivity index (χ1v) is 6.17. The number of aryl methyl sites for hydroxylation is 1. The number of benzene rings is 1. The van der Waals surface area contributed by atoms with E-state index in [2.05, 4.69) is 5.32 Å². The molecule has 1 unspecified atom stereocenters. The zero-order chi connectivity index (χ0) is 13.1. The number of nitrogens with one attached hydrogen (secondary N) is 1. The van der Waals surface area contributed by atoms with Crippen molar-refractivity contribution in [3.05, 3.63) is 35.4 Å². The minimum atomic E-state index is -0.955. The van der Waals surface area contributed by atoms with Crippen LogP contribution in [0.1, 0.15) is 35.2 Å². The second-order valence-corrected chi connectivity index (χ2v) is 4.86. The molecule has 4 nitrogen and oxygen atoms in total. The number of hydrogen-bond donors (Lipinski definition) is 2. The number of carboxylic acids is 1. The van der Waals surface area contributed by atoms with Gasteiger partial charge in [-0.15, -0.1) is 0 Å². The minimum Gasteiger partial charge on any atom is -0.480 e. The van der Waals surface area contributed by atoms with Gasteiger partial charge in [0.25, 0.3) is 5.91 Å². The average molecular weight is 247 g/mol. The van der Waals surface area contributed by atoms with E-state index in [0.29, 0.717) is 17.9 Å². The molecule has 1 atom stereocenters. The van der Waals surface area contributed by atoms with Gasteiger partial charge in [0.15, 0.2) is 0 Å². The van der Waals surface area contributed by atoms with E-state index in [9.17, 15) is 9.59 Å². The molecule has 1 saturated carbocycles. The molecule has 1 aromatic carbocycles. The van der Waals surface area contributed by atoms with Gasteiger partial charge in [0.05, 0.1) is 0 Å². The lowest BCUT2D eigenvalue weighted by Gasteiger charge is -2.14. The summed E-state index contributed by atoms with van der Waals surface area (Å²) in [5.74, 6) is -0.798. The fraction of sp³-hybridized carbons (Fsp3) is 0.429. The van der Waals surface area contributed by atoms with E-state index in [1.54, 1.807) is 12.1 Å². The summed E-state index contributed by atoms with van der Waals surface area (Å²) in [5, 5.41) is 11.7. The van der Waals surface area contributed by atoms with Crippen LogP contribution in [0.4, 0.5) is 0 Å². The molecule has 18 heavy (non-hydrogen) atoms. The Labute approximate surface area is 106 Å². The van der Waals surface area contributed by atoms with Crippen LogP contribution in [0.5, 0.6) is 0 Å². The van der Waals surface area contributed by atoms with Crippen molar-refractivity contribution in [3.63, 3.8) is 0 Å². The van der Waals surface area contributed by atoms with Crippen LogP contribution < -0.4 is 5.32 Å². The quantitative estimate of drug-likeness (QED) is 0.836. The van der Waals surface area contributed by atoms with E-state index in [0.717, 1.165) is 18.4 Å². The first-order chi connectivity index (χ1) is 8.58. The minimum absolute atomic E-state index is 0.304. The number of carboxylic acid groups (broad SMARTS) is 1. The molecule has 0 heterocycles. The van der Waals surface area contributed by atoms with Crippen LogP contribution in [0.2, 0.25) is 0 Å². The molecular formula is C14H17NO3. The van der Waals surface area contributed by atoms with Gasteiger partial charge in [-0.1, -0.05) is 31.0 Å². The van der Waals surface area contributed by atoms with Crippen LogP contribution in [0.25, 0.3) is 0 Å². The van der Waals surface area contributed by atoms with E-state index in [1.165, 1.54) is 0 Å². The third-order valence-corrected chi connectivity index (χ3v) is 3.26. The van der Waals surface area contributed by atoms with E-state index >= 15 is 0 Å². The maximum atomic E-state index is 12.0. The van der Waals surface area contributed by atoms with Gasteiger partial charge >= 0.3 is 5.97 Å². The molecule has 0 aliphatic heterocycles. The van der Waals surface area contributed by atoms with Gasteiger partial charge in [0.2, 0.25) is 0 Å². The SMILES string of the molecule is Cc1ccccc1C(=O)NC(CC1CC1)C(=O)O. The van der Waals surface area contributed by atoms with E-state index in [1.807, 2.05) is 19.1 Å². The summed E-state index contributed by atoms with van der Waals surface area (Å²) in [7, 11) is 0. The molecule has 0 bridgehead atoms. The van der Waals surface area contributed by atoms with Gasteiger partial charge in [-0.3, -0.25) is 4.79 Å². The second kappa shape index (κ2) is 5.21. The molecule has 96 valence electrons. The van der Waals surface area contributed by atoms with Crippen LogP contribution in [0.15, 0.2) is 24.3 Å². The maximum absolute atomic E-state index is 12.0. The van der Waals surface area contributed by atoms with Crippen LogP contribution >= 0.6 is 0 Å². The van der Waals surface area contributed by atoms with E-state index in [-0.39, 0.29) is 5.91 Å². The smallest absolute Gasteiger partial charge is 0.326 e. The van der Waals surface area contributed by atoms with Gasteiger partial charge in [-0.2, -0.15) is 0 Å². The summed E-state index contributed by atoms with van der Waals surface area (Å²) < 4.78 is 0. The maximum Gasteiger partial charge on any atom is 0.326 e. The largest absolute Gasteiger partial charge is 0.480 e. The van der Waals surface area contributed by atoms with Crippen molar-refractivity contribution in [1.29, 1.82) is 0 Å². The molecule has 1 fully saturated rings. The highest BCUT2D eigenvalue weighted by molar-refractivity contribution is 5.97. The van der Waals surface area contributed by atoms with Crippen molar-refractivity contribution < 1.29 is 14.7 Å². The van der Waals surface area contributed by atoms with Crippen molar-refractivity contribution in [2.24, 2.45) is 5.92 Å². The predicted molar refractivity (Wildman–Crippen MR) is 67.4 cm³/mol. The number of carbonyl (C=O) groups is 2. The summed E-state index contributed by atoms with van der Waals surface area (Å²) in [4.78, 5) is 23.1. The molecule has 1 amide bonds. The topological polar surface area (TPSA) is 66.4 Å². The zero-order valence-corrected chi connectivity index (χ0v) is 10.3. The third-order valence-electron chi connectivity index (χ3n) is 3.26. The molecule has 0 radical (unpaired) electrons. The van der Waals surface area contributed by atoms with Crippen LogP contribution in [0, 0.1) is 12.8 Å². The Kier molecular flexibility index (Phi) is 3.65. The molecule has 4 heteroatoms. The van der Waals surface area contributed by atoms with Crippen molar-refractivity contribution in [2.45, 2.75) is 32.2 Å². The standard InChI is InChI=1S/C14H17NO3/c1-9-4-2-3-5-11(9)13(16)15-12(14(17)18)8-10-6-7-10/h2-5,10,12H,6-8H2,1H3,(H,15,16)(H,17,18). The van der Waals surface area contributed by atoms with Crippen molar-refractivity contribution in [1.82, 2.24) is 5.32 Å². The second-order valence-electron chi connectivity index (χ2n) is 4.86. The molecule has 1 aliphatic rings. The monoisotopic (exact) mass is 247 g/mol. The summed E-state index contributed by atoms with van der Waals surface area (Å²) in [6, 6.07) is 6.40. The third kappa shape index (κ3) is 3.09. The fourth-order valence-electron chi connectivity index (χ4n) is 1.97. The first-order valence-electron chi connectivity index (χ1n) is 6.17. The Morgan fingerprint density at radius 3 is 2.61 bits per heavy atom. The Morgan fingerprint density at radius 1 is 1.39 bits per heavy atom. The molecule has 0 aromatic heterocycles. The van der Waals surface area contributed by atoms with Crippen LogP contribution in [0.3, 0.4) is 0 Å². The highest BCUT2D eigenvalue weighted by atomic mass is 16.4. The molecule has 0 spiro atoms. The van der Waals surface area contributed by atoms with Crippen LogP contribution in [-0.4, -0.2) is 23.0 Å². The lowest BCUT2D eigenvalue weighted by atomic mass is 10.1. The van der Waals surface area contributed by atoms with Gasteiger partial charge in [0, 0.05) is 5.56 Å². The summed E-state index contributed by atoms with van der Waals surface area (Å²) in [5.41, 5.74) is 1.39. The summed E-state index contributed by atoms with van der Waals surface area (Å²) in [6.45, 7) is 1.84. The molecular weight excluding hydrogens is 230 g/mol. The van der Waals surface area contributed by atoms with Gasteiger partial charge in [0.1, 0.15) is 6.04 Å². The summed E-state index contributed by atoms with van der Waals surface area (Å²) in [6.07, 6.45) is 2.68. The fourth-order valence-corrected chi connectivity index (χ4v) is 1.97. The molecule has 0 saturated heterocycles. The van der Waals surface area contributed by atoms with E-state index < -0.39 is 12.0 Å². The Hall–Kier alpha value is -1.84. The lowest BCUT2D eigenvalue weighted by molar-refractivity contribution is -0.139. The number of amides is 1. The van der Waals surface area contributed by atoms with Gasteiger partial charge in [-0.25, -0.2) is 4.79 Å². The highest BCUT2D eigenvalue weighted by Crippen LogP contribution is 2.33. The number of rotatable bonds is 5. The average Bonchev–Trinajstić information content (AvgIpc) is 3.12. The van der Waals surface area contributed by atoms with E-state index in [4.69, 9.17) is 5.11 Å². The molecule has 1 aliphatic carbocycles. The highest BCUT2D eigenvalue weighted by Gasteiger charge is 2.30. The van der Waals surface area contributed by atoms with Crippen LogP contribution in [-0.2, 0) is 4.79 Å². The van der Waals surface area contributed by atoms with Gasteiger partial charge in [-0.05, 0) is 30.9 Å². The normalized spacial score (nSPS) is 16.1. The first kappa shape index (κ1) is 12.6. The predicted octanol–water partition coefficient (Wildman–Crippen LogP) is 1.98. The number of aliphatic carboxylic acids is 1. The summed E-state index contributed by atoms with van der Waals surface area (Å²) >= 11 is 0. The Bertz CT molecular complexity index is 466. The number of carbonyl (C=O) groups excluding carboxylic acids is 1.